The molecule has 2 rings (SSSR count). The van der Waals surface area contributed by atoms with Crippen LogP contribution in [0.2, 0.25) is 0 Å². The first-order valence-corrected chi connectivity index (χ1v) is 5.73. The van der Waals surface area contributed by atoms with Gasteiger partial charge in [0, 0.05) is 13.0 Å². The average molecular weight is 196 g/mol. The number of piperidine rings is 1. The molecular weight excluding hydrogens is 176 g/mol. The molecule has 2 aliphatic rings. The van der Waals surface area contributed by atoms with Gasteiger partial charge in [0.15, 0.2) is 0 Å². The highest BCUT2D eigenvalue weighted by Gasteiger charge is 2.40. The third kappa shape index (κ3) is 1.92. The second-order valence-corrected chi connectivity index (χ2v) is 4.80. The Hall–Kier alpha value is -0.570. The van der Waals surface area contributed by atoms with Crippen LogP contribution in [0.4, 0.5) is 0 Å². The van der Waals surface area contributed by atoms with Gasteiger partial charge in [-0.05, 0) is 44.3 Å². The van der Waals surface area contributed by atoms with Gasteiger partial charge >= 0.3 is 0 Å². The van der Waals surface area contributed by atoms with Gasteiger partial charge in [-0.1, -0.05) is 6.92 Å². The van der Waals surface area contributed by atoms with Crippen LogP contribution in [-0.2, 0) is 4.79 Å². The van der Waals surface area contributed by atoms with Crippen LogP contribution in [0.3, 0.4) is 0 Å². The molecule has 1 N–H and O–H groups in total. The van der Waals surface area contributed by atoms with Crippen molar-refractivity contribution in [1.82, 2.24) is 10.2 Å². The highest BCUT2D eigenvalue weighted by molar-refractivity contribution is 5.79. The quantitative estimate of drug-likeness (QED) is 0.714. The normalized spacial score (nSPS) is 26.8. The van der Waals surface area contributed by atoms with Crippen molar-refractivity contribution in [3.63, 3.8) is 0 Å². The minimum Gasteiger partial charge on any atom is -0.356 e. The van der Waals surface area contributed by atoms with Gasteiger partial charge in [-0.15, -0.1) is 0 Å². The Labute approximate surface area is 85.8 Å². The summed E-state index contributed by atoms with van der Waals surface area (Å²) in [5, 5.41) is 2.97. The lowest BCUT2D eigenvalue weighted by Crippen LogP contribution is -2.41. The van der Waals surface area contributed by atoms with E-state index in [9.17, 15) is 4.79 Å². The van der Waals surface area contributed by atoms with E-state index in [4.69, 9.17) is 0 Å². The zero-order valence-corrected chi connectivity index (χ0v) is 9.01. The van der Waals surface area contributed by atoms with Crippen molar-refractivity contribution < 1.29 is 4.79 Å². The predicted octanol–water partition coefficient (Wildman–Crippen LogP) is 0.999. The summed E-state index contributed by atoms with van der Waals surface area (Å²) in [5.74, 6) is 0.258. The van der Waals surface area contributed by atoms with Crippen molar-refractivity contribution in [2.75, 3.05) is 26.2 Å². The molecule has 0 unspecified atom stereocenters. The Morgan fingerprint density at radius 1 is 1.43 bits per heavy atom. The first kappa shape index (κ1) is 9.97. The molecule has 0 aromatic carbocycles. The van der Waals surface area contributed by atoms with E-state index in [1.54, 1.807) is 0 Å². The fraction of sp³-hybridized carbons (Fsp3) is 0.909. The van der Waals surface area contributed by atoms with Crippen molar-refractivity contribution in [2.24, 2.45) is 5.41 Å². The number of nitrogens with zero attached hydrogens (tertiary/aromatic N) is 1. The summed E-state index contributed by atoms with van der Waals surface area (Å²) in [5.41, 5.74) is 0.321. The Morgan fingerprint density at radius 3 is 2.64 bits per heavy atom. The standard InChI is InChI=1S/C11H20N2O/c1-2-5-13-6-3-11(4-7-13)8-10(14)12-9-11/h2-9H2,1H3,(H,12,14). The fourth-order valence-electron chi connectivity index (χ4n) is 2.67. The SMILES string of the molecule is CCCN1CCC2(CC1)CNC(=O)C2. The van der Waals surface area contributed by atoms with Crippen LogP contribution in [-0.4, -0.2) is 37.0 Å². The van der Waals surface area contributed by atoms with E-state index in [2.05, 4.69) is 17.1 Å². The van der Waals surface area contributed by atoms with Gasteiger partial charge in [0.05, 0.1) is 0 Å². The van der Waals surface area contributed by atoms with Gasteiger partial charge < -0.3 is 10.2 Å². The van der Waals surface area contributed by atoms with E-state index in [0.29, 0.717) is 5.41 Å². The molecule has 0 radical (unpaired) electrons. The predicted molar refractivity (Wildman–Crippen MR) is 56.0 cm³/mol. The van der Waals surface area contributed by atoms with Gasteiger partial charge in [0.25, 0.3) is 0 Å². The van der Waals surface area contributed by atoms with Gasteiger partial charge in [-0.3, -0.25) is 4.79 Å². The molecule has 3 heteroatoms. The van der Waals surface area contributed by atoms with Crippen molar-refractivity contribution in [3.05, 3.63) is 0 Å². The van der Waals surface area contributed by atoms with Crippen LogP contribution >= 0.6 is 0 Å². The van der Waals surface area contributed by atoms with E-state index in [-0.39, 0.29) is 5.91 Å². The van der Waals surface area contributed by atoms with Crippen LogP contribution < -0.4 is 5.32 Å². The summed E-state index contributed by atoms with van der Waals surface area (Å²) in [6, 6.07) is 0. The molecule has 0 aliphatic carbocycles. The zero-order chi connectivity index (χ0) is 10.0. The summed E-state index contributed by atoms with van der Waals surface area (Å²) in [7, 11) is 0. The van der Waals surface area contributed by atoms with Crippen molar-refractivity contribution in [3.8, 4) is 0 Å². The van der Waals surface area contributed by atoms with Crippen molar-refractivity contribution >= 4 is 5.91 Å². The molecule has 2 aliphatic heterocycles. The largest absolute Gasteiger partial charge is 0.356 e. The minimum absolute atomic E-state index is 0.258. The van der Waals surface area contributed by atoms with Gasteiger partial charge in [-0.2, -0.15) is 0 Å². The van der Waals surface area contributed by atoms with E-state index in [1.807, 2.05) is 0 Å². The second-order valence-electron chi connectivity index (χ2n) is 4.80. The van der Waals surface area contributed by atoms with Gasteiger partial charge in [0.1, 0.15) is 0 Å². The maximum Gasteiger partial charge on any atom is 0.220 e. The van der Waals surface area contributed by atoms with E-state index >= 15 is 0 Å². The summed E-state index contributed by atoms with van der Waals surface area (Å²) >= 11 is 0. The smallest absolute Gasteiger partial charge is 0.220 e. The van der Waals surface area contributed by atoms with Crippen LogP contribution in [0.1, 0.15) is 32.6 Å². The maximum absolute atomic E-state index is 11.2. The fourth-order valence-corrected chi connectivity index (χ4v) is 2.67. The average Bonchev–Trinajstić information content (AvgIpc) is 2.53. The number of likely N-dealkylation sites (tertiary alicyclic amines) is 1. The Bertz CT molecular complexity index is 219. The Morgan fingerprint density at radius 2 is 2.14 bits per heavy atom. The molecule has 2 fully saturated rings. The number of amides is 1. The summed E-state index contributed by atoms with van der Waals surface area (Å²) in [6.07, 6.45) is 4.41. The molecule has 0 aromatic heterocycles. The number of hydrogen-bond acceptors (Lipinski definition) is 2. The highest BCUT2D eigenvalue weighted by Crippen LogP contribution is 2.37. The Kier molecular flexibility index (Phi) is 2.77. The number of nitrogens with one attached hydrogen (secondary N) is 1. The monoisotopic (exact) mass is 196 g/mol. The molecule has 1 spiro atoms. The molecule has 2 saturated heterocycles. The summed E-state index contributed by atoms with van der Waals surface area (Å²) in [4.78, 5) is 13.7. The molecule has 1 amide bonds. The molecule has 0 bridgehead atoms. The van der Waals surface area contributed by atoms with Gasteiger partial charge in [-0.25, -0.2) is 0 Å². The van der Waals surface area contributed by atoms with Crippen LogP contribution in [0.25, 0.3) is 0 Å². The first-order valence-electron chi connectivity index (χ1n) is 5.73. The van der Waals surface area contributed by atoms with Crippen LogP contribution in [0.5, 0.6) is 0 Å². The lowest BCUT2D eigenvalue weighted by molar-refractivity contribution is -0.119. The topological polar surface area (TPSA) is 32.3 Å². The first-order chi connectivity index (χ1) is 6.74. The van der Waals surface area contributed by atoms with E-state index in [0.717, 1.165) is 13.0 Å². The molecule has 80 valence electrons. The molecule has 0 aromatic rings. The maximum atomic E-state index is 11.2. The zero-order valence-electron chi connectivity index (χ0n) is 9.01. The van der Waals surface area contributed by atoms with Crippen molar-refractivity contribution in [2.45, 2.75) is 32.6 Å². The van der Waals surface area contributed by atoms with Crippen LogP contribution in [0.15, 0.2) is 0 Å². The molecule has 14 heavy (non-hydrogen) atoms. The molecule has 0 atom stereocenters. The molecule has 2 heterocycles. The number of carbonyl (C=O) groups is 1. The number of rotatable bonds is 2. The number of hydrogen-bond donors (Lipinski definition) is 1. The summed E-state index contributed by atoms with van der Waals surface area (Å²) in [6.45, 7) is 6.74. The van der Waals surface area contributed by atoms with E-state index < -0.39 is 0 Å². The van der Waals surface area contributed by atoms with E-state index in [1.165, 1.54) is 38.9 Å². The molecule has 3 nitrogen and oxygen atoms in total. The van der Waals surface area contributed by atoms with Crippen molar-refractivity contribution in [1.29, 1.82) is 0 Å². The van der Waals surface area contributed by atoms with Crippen LogP contribution in [0, 0.1) is 5.41 Å². The molecular formula is C11H20N2O. The Balaban J connectivity index is 1.86. The highest BCUT2D eigenvalue weighted by atomic mass is 16.1. The third-order valence-electron chi connectivity index (χ3n) is 3.65. The van der Waals surface area contributed by atoms with Gasteiger partial charge in [0.2, 0.25) is 5.91 Å². The third-order valence-corrected chi connectivity index (χ3v) is 3.65. The molecule has 0 saturated carbocycles. The lowest BCUT2D eigenvalue weighted by atomic mass is 9.77. The number of carbonyl (C=O) groups excluding carboxylic acids is 1. The minimum atomic E-state index is 0.258. The summed E-state index contributed by atoms with van der Waals surface area (Å²) < 4.78 is 0. The second kappa shape index (κ2) is 3.89. The lowest BCUT2D eigenvalue weighted by Gasteiger charge is -2.38.